The fourth-order valence-corrected chi connectivity index (χ4v) is 2.52. The van der Waals surface area contributed by atoms with Crippen molar-refractivity contribution in [3.05, 3.63) is 34.1 Å². The second-order valence-electron chi connectivity index (χ2n) is 5.14. The van der Waals surface area contributed by atoms with Gasteiger partial charge in [-0.15, -0.1) is 0 Å². The second kappa shape index (κ2) is 4.97. The van der Waals surface area contributed by atoms with Gasteiger partial charge >= 0.3 is 0 Å². The second-order valence-corrected chi connectivity index (χ2v) is 5.99. The molecule has 98 valence electrons. The topological polar surface area (TPSA) is 32.3 Å². The highest BCUT2D eigenvalue weighted by molar-refractivity contribution is 9.10. The predicted molar refractivity (Wildman–Crippen MR) is 72.1 cm³/mol. The van der Waals surface area contributed by atoms with Crippen LogP contribution in [0.3, 0.4) is 0 Å². The highest BCUT2D eigenvalue weighted by Gasteiger charge is 2.30. The summed E-state index contributed by atoms with van der Waals surface area (Å²) >= 11 is 3.10. The van der Waals surface area contributed by atoms with Crippen molar-refractivity contribution in [2.45, 2.75) is 19.4 Å². The van der Waals surface area contributed by atoms with Gasteiger partial charge in [0.15, 0.2) is 0 Å². The molecule has 1 amide bonds. The van der Waals surface area contributed by atoms with Crippen LogP contribution in [-0.2, 0) is 0 Å². The summed E-state index contributed by atoms with van der Waals surface area (Å²) in [7, 11) is 0. The number of halogens is 2. The Morgan fingerprint density at radius 1 is 1.50 bits per heavy atom. The van der Waals surface area contributed by atoms with Gasteiger partial charge in [0.25, 0.3) is 5.91 Å². The average molecular weight is 315 g/mol. The number of nitrogens with zero attached hydrogens (tertiary/aromatic N) is 1. The molecule has 0 spiro atoms. The Kier molecular flexibility index (Phi) is 3.73. The van der Waals surface area contributed by atoms with Crippen LogP contribution in [0.1, 0.15) is 24.2 Å². The van der Waals surface area contributed by atoms with Crippen LogP contribution >= 0.6 is 15.9 Å². The molecule has 2 rings (SSSR count). The first-order chi connectivity index (χ1) is 8.41. The minimum Gasteiger partial charge on any atom is -0.335 e. The number of amides is 1. The number of piperazine rings is 1. The maximum atomic E-state index is 13.9. The molecule has 1 N–H and O–H groups in total. The van der Waals surface area contributed by atoms with Crippen molar-refractivity contribution >= 4 is 21.8 Å². The van der Waals surface area contributed by atoms with Crippen molar-refractivity contribution < 1.29 is 9.18 Å². The number of nitrogens with one attached hydrogen (secondary N) is 1. The molecular weight excluding hydrogens is 299 g/mol. The Hall–Kier alpha value is -0.940. The number of hydrogen-bond acceptors (Lipinski definition) is 2. The molecule has 5 heteroatoms. The Balaban J connectivity index is 2.23. The SMILES string of the molecule is CC1(C)CN(C(=O)c2cccc(Br)c2F)CCN1. The summed E-state index contributed by atoms with van der Waals surface area (Å²) in [5.41, 5.74) is -0.00165. The molecule has 0 aromatic heterocycles. The zero-order valence-corrected chi connectivity index (χ0v) is 12.1. The lowest BCUT2D eigenvalue weighted by molar-refractivity contribution is 0.0647. The fourth-order valence-electron chi connectivity index (χ4n) is 2.15. The van der Waals surface area contributed by atoms with Crippen molar-refractivity contribution in [1.82, 2.24) is 10.2 Å². The molecule has 0 unspecified atom stereocenters. The highest BCUT2D eigenvalue weighted by Crippen LogP contribution is 2.21. The van der Waals surface area contributed by atoms with E-state index in [4.69, 9.17) is 0 Å². The van der Waals surface area contributed by atoms with Crippen LogP contribution in [0.25, 0.3) is 0 Å². The van der Waals surface area contributed by atoms with Crippen LogP contribution in [0.2, 0.25) is 0 Å². The van der Waals surface area contributed by atoms with E-state index in [0.717, 1.165) is 6.54 Å². The van der Waals surface area contributed by atoms with Gasteiger partial charge in [-0.3, -0.25) is 4.79 Å². The third kappa shape index (κ3) is 2.72. The van der Waals surface area contributed by atoms with Crippen molar-refractivity contribution in [2.75, 3.05) is 19.6 Å². The van der Waals surface area contributed by atoms with E-state index in [0.29, 0.717) is 17.6 Å². The first kappa shape index (κ1) is 13.5. The summed E-state index contributed by atoms with van der Waals surface area (Å²) in [5, 5.41) is 3.32. The molecule has 0 aliphatic carbocycles. The Bertz CT molecular complexity index is 476. The van der Waals surface area contributed by atoms with Crippen LogP contribution in [-0.4, -0.2) is 36.0 Å². The van der Waals surface area contributed by atoms with Crippen LogP contribution in [0.4, 0.5) is 4.39 Å². The first-order valence-corrected chi connectivity index (χ1v) is 6.68. The standard InChI is InChI=1S/C13H16BrFN2O/c1-13(2)8-17(7-6-16-13)12(18)9-4-3-5-10(14)11(9)15/h3-5,16H,6-8H2,1-2H3. The molecule has 18 heavy (non-hydrogen) atoms. The van der Waals surface area contributed by atoms with E-state index >= 15 is 0 Å². The molecule has 1 aliphatic heterocycles. The normalized spacial score (nSPS) is 18.8. The van der Waals surface area contributed by atoms with E-state index < -0.39 is 5.82 Å². The number of benzene rings is 1. The Morgan fingerprint density at radius 2 is 2.22 bits per heavy atom. The van der Waals surface area contributed by atoms with Crippen molar-refractivity contribution in [3.63, 3.8) is 0 Å². The zero-order chi connectivity index (χ0) is 13.3. The lowest BCUT2D eigenvalue weighted by atomic mass is 10.0. The molecule has 0 bridgehead atoms. The van der Waals surface area contributed by atoms with E-state index in [1.165, 1.54) is 6.07 Å². The molecule has 0 saturated carbocycles. The molecule has 3 nitrogen and oxygen atoms in total. The van der Waals surface area contributed by atoms with Gasteiger partial charge in [0.05, 0.1) is 10.0 Å². The summed E-state index contributed by atoms with van der Waals surface area (Å²) in [4.78, 5) is 14.0. The maximum Gasteiger partial charge on any atom is 0.256 e. The van der Waals surface area contributed by atoms with Crippen LogP contribution in [0.5, 0.6) is 0 Å². The number of rotatable bonds is 1. The average Bonchev–Trinajstić information content (AvgIpc) is 2.30. The van der Waals surface area contributed by atoms with E-state index in [9.17, 15) is 9.18 Å². The molecule has 1 heterocycles. The Morgan fingerprint density at radius 3 is 2.89 bits per heavy atom. The van der Waals surface area contributed by atoms with Crippen molar-refractivity contribution in [3.8, 4) is 0 Å². The van der Waals surface area contributed by atoms with E-state index in [-0.39, 0.29) is 17.0 Å². The molecule has 0 radical (unpaired) electrons. The fraction of sp³-hybridized carbons (Fsp3) is 0.462. The van der Waals surface area contributed by atoms with E-state index in [1.54, 1.807) is 17.0 Å². The molecule has 0 atom stereocenters. The molecule has 1 fully saturated rings. The van der Waals surface area contributed by atoms with Crippen LogP contribution < -0.4 is 5.32 Å². The summed E-state index contributed by atoms with van der Waals surface area (Å²) in [6.45, 7) is 5.98. The predicted octanol–water partition coefficient (Wildman–Crippen LogP) is 2.41. The minimum absolute atomic E-state index is 0.127. The summed E-state index contributed by atoms with van der Waals surface area (Å²) in [5.74, 6) is -0.734. The van der Waals surface area contributed by atoms with Crippen LogP contribution in [0, 0.1) is 5.82 Å². The van der Waals surface area contributed by atoms with Gasteiger partial charge < -0.3 is 10.2 Å². The maximum absolute atomic E-state index is 13.9. The largest absolute Gasteiger partial charge is 0.335 e. The van der Waals surface area contributed by atoms with Crippen molar-refractivity contribution in [2.24, 2.45) is 0 Å². The minimum atomic E-state index is -0.487. The molecule has 1 aliphatic rings. The number of carbonyl (C=O) groups excluding carboxylic acids is 1. The van der Waals surface area contributed by atoms with Gasteiger partial charge in [0.1, 0.15) is 5.82 Å². The third-order valence-electron chi connectivity index (χ3n) is 3.04. The summed E-state index contributed by atoms with van der Waals surface area (Å²) in [6.07, 6.45) is 0. The highest BCUT2D eigenvalue weighted by atomic mass is 79.9. The van der Waals surface area contributed by atoms with Gasteiger partial charge in [-0.05, 0) is 41.9 Å². The van der Waals surface area contributed by atoms with Crippen molar-refractivity contribution in [1.29, 1.82) is 0 Å². The van der Waals surface area contributed by atoms with E-state index in [1.807, 2.05) is 13.8 Å². The van der Waals surface area contributed by atoms with Crippen LogP contribution in [0.15, 0.2) is 22.7 Å². The smallest absolute Gasteiger partial charge is 0.256 e. The molecule has 1 aromatic carbocycles. The van der Waals surface area contributed by atoms with Gasteiger partial charge in [0.2, 0.25) is 0 Å². The molecule has 1 saturated heterocycles. The summed E-state index contributed by atoms with van der Waals surface area (Å²) in [6, 6.07) is 4.79. The monoisotopic (exact) mass is 314 g/mol. The van der Waals surface area contributed by atoms with Gasteiger partial charge in [-0.25, -0.2) is 4.39 Å². The summed E-state index contributed by atoms with van der Waals surface area (Å²) < 4.78 is 14.2. The number of carbonyl (C=O) groups is 1. The Labute approximate surface area is 114 Å². The van der Waals surface area contributed by atoms with E-state index in [2.05, 4.69) is 21.2 Å². The third-order valence-corrected chi connectivity index (χ3v) is 3.65. The lowest BCUT2D eigenvalue weighted by Crippen LogP contribution is -2.58. The molecule has 1 aromatic rings. The first-order valence-electron chi connectivity index (χ1n) is 5.89. The molecular formula is C13H16BrFN2O. The van der Waals surface area contributed by atoms with Gasteiger partial charge in [-0.1, -0.05) is 6.07 Å². The van der Waals surface area contributed by atoms with Gasteiger partial charge in [0, 0.05) is 25.2 Å². The quantitative estimate of drug-likeness (QED) is 0.863. The zero-order valence-electron chi connectivity index (χ0n) is 10.5. The number of hydrogen-bond donors (Lipinski definition) is 1. The lowest BCUT2D eigenvalue weighted by Gasteiger charge is -2.39. The van der Waals surface area contributed by atoms with Gasteiger partial charge in [-0.2, -0.15) is 0 Å².